The third-order valence-electron chi connectivity index (χ3n) is 5.64. The zero-order chi connectivity index (χ0) is 27.3. The lowest BCUT2D eigenvalue weighted by atomic mass is 9.99. The van der Waals surface area contributed by atoms with Crippen molar-refractivity contribution in [3.8, 4) is 0 Å². The van der Waals surface area contributed by atoms with Gasteiger partial charge in [-0.3, -0.25) is 14.4 Å². The molecule has 4 amide bonds. The molecule has 0 fully saturated rings. The number of primary amides is 1. The molecule has 2 atom stereocenters. The first-order valence-corrected chi connectivity index (χ1v) is 12.9. The van der Waals surface area contributed by atoms with Crippen LogP contribution in [0.25, 0.3) is 0 Å². The molecule has 0 aliphatic heterocycles. The summed E-state index contributed by atoms with van der Waals surface area (Å²) in [6, 6.07) is 5.60. The number of nitrogens with one attached hydrogen (secondary N) is 2. The molecule has 9 heteroatoms. The molecular formula is C27H44N4O5. The van der Waals surface area contributed by atoms with Crippen LogP contribution in [0.4, 0.5) is 4.79 Å². The Hall–Kier alpha value is -3.10. The normalized spacial score (nSPS) is 12.8. The number of aryl methyl sites for hydroxylation is 1. The largest absolute Gasteiger partial charge is 0.444 e. The summed E-state index contributed by atoms with van der Waals surface area (Å²) in [5, 5.41) is 5.53. The number of hydrogen-bond acceptors (Lipinski definition) is 5. The number of carbonyl (C=O) groups excluding carboxylic acids is 4. The van der Waals surface area contributed by atoms with Crippen molar-refractivity contribution in [1.82, 2.24) is 15.5 Å². The Morgan fingerprint density at radius 2 is 1.67 bits per heavy atom. The van der Waals surface area contributed by atoms with E-state index in [9.17, 15) is 19.2 Å². The summed E-state index contributed by atoms with van der Waals surface area (Å²) in [7, 11) is 0. The van der Waals surface area contributed by atoms with E-state index in [1.54, 1.807) is 27.7 Å². The molecule has 0 aliphatic rings. The summed E-state index contributed by atoms with van der Waals surface area (Å²) in [4.78, 5) is 52.5. The van der Waals surface area contributed by atoms with E-state index in [4.69, 9.17) is 10.5 Å². The van der Waals surface area contributed by atoms with Gasteiger partial charge in [0.15, 0.2) is 0 Å². The second kappa shape index (κ2) is 15.1. The van der Waals surface area contributed by atoms with E-state index in [1.165, 1.54) is 4.90 Å². The van der Waals surface area contributed by atoms with E-state index in [1.807, 2.05) is 31.2 Å². The number of ether oxygens (including phenoxy) is 1. The van der Waals surface area contributed by atoms with Crippen molar-refractivity contribution in [1.29, 1.82) is 0 Å². The summed E-state index contributed by atoms with van der Waals surface area (Å²) in [6.45, 7) is 11.8. The van der Waals surface area contributed by atoms with Gasteiger partial charge >= 0.3 is 6.09 Å². The third-order valence-corrected chi connectivity index (χ3v) is 5.64. The van der Waals surface area contributed by atoms with Gasteiger partial charge in [0.25, 0.3) is 0 Å². The predicted molar refractivity (Wildman–Crippen MR) is 140 cm³/mol. The standard InChI is InChI=1S/C27H44N4O5/c1-7-10-11-18-29-24(33)23(20-14-12-19(8-2)13-15-20)31(9-3)25(34)21(16-17-22(28)32)30-26(35)36-27(4,5)6/h12-15,21,23H,7-11,16-18H2,1-6H3,(H2,28,32)(H,29,33)(H,30,35). The molecule has 1 aromatic carbocycles. The number of nitrogens with zero attached hydrogens (tertiary/aromatic N) is 1. The summed E-state index contributed by atoms with van der Waals surface area (Å²) < 4.78 is 5.32. The van der Waals surface area contributed by atoms with Gasteiger partial charge in [-0.1, -0.05) is 51.0 Å². The van der Waals surface area contributed by atoms with E-state index in [-0.39, 0.29) is 25.3 Å². The molecule has 0 bridgehead atoms. The Labute approximate surface area is 215 Å². The van der Waals surface area contributed by atoms with Crippen LogP contribution >= 0.6 is 0 Å². The van der Waals surface area contributed by atoms with Crippen molar-refractivity contribution < 1.29 is 23.9 Å². The quantitative estimate of drug-likeness (QED) is 0.333. The fourth-order valence-corrected chi connectivity index (χ4v) is 3.75. The zero-order valence-electron chi connectivity index (χ0n) is 22.7. The van der Waals surface area contributed by atoms with E-state index in [2.05, 4.69) is 17.6 Å². The fourth-order valence-electron chi connectivity index (χ4n) is 3.75. The number of hydrogen-bond donors (Lipinski definition) is 3. The lowest BCUT2D eigenvalue weighted by Gasteiger charge is -2.33. The Kier molecular flexibility index (Phi) is 13.0. The average Bonchev–Trinajstić information content (AvgIpc) is 2.81. The van der Waals surface area contributed by atoms with Crippen LogP contribution in [0.1, 0.15) is 90.8 Å². The lowest BCUT2D eigenvalue weighted by Crippen LogP contribution is -2.53. The average molecular weight is 505 g/mol. The van der Waals surface area contributed by atoms with E-state index in [0.717, 1.165) is 31.2 Å². The minimum atomic E-state index is -1.09. The maximum absolute atomic E-state index is 13.7. The summed E-state index contributed by atoms with van der Waals surface area (Å²) in [6.07, 6.45) is 2.79. The van der Waals surface area contributed by atoms with Gasteiger partial charge in [-0.2, -0.15) is 0 Å². The maximum atomic E-state index is 13.7. The molecule has 36 heavy (non-hydrogen) atoms. The minimum absolute atomic E-state index is 0.0104. The smallest absolute Gasteiger partial charge is 0.408 e. The van der Waals surface area contributed by atoms with Gasteiger partial charge in [-0.25, -0.2) is 4.79 Å². The highest BCUT2D eigenvalue weighted by atomic mass is 16.6. The molecule has 0 spiro atoms. The molecule has 0 radical (unpaired) electrons. The van der Waals surface area contributed by atoms with E-state index in [0.29, 0.717) is 12.1 Å². The number of benzene rings is 1. The number of alkyl carbamates (subject to hydrolysis) is 1. The first-order valence-electron chi connectivity index (χ1n) is 12.9. The molecule has 202 valence electrons. The molecule has 2 unspecified atom stereocenters. The van der Waals surface area contributed by atoms with Crippen molar-refractivity contribution in [2.45, 2.75) is 97.8 Å². The minimum Gasteiger partial charge on any atom is -0.444 e. The first kappa shape index (κ1) is 30.9. The Morgan fingerprint density at radius 3 is 2.17 bits per heavy atom. The molecule has 4 N–H and O–H groups in total. The van der Waals surface area contributed by atoms with Crippen LogP contribution in [0.3, 0.4) is 0 Å². The highest BCUT2D eigenvalue weighted by Crippen LogP contribution is 2.24. The van der Waals surface area contributed by atoms with Gasteiger partial charge in [0.1, 0.15) is 17.7 Å². The number of unbranched alkanes of at least 4 members (excludes halogenated alkanes) is 2. The van der Waals surface area contributed by atoms with Crippen LogP contribution < -0.4 is 16.4 Å². The van der Waals surface area contributed by atoms with Gasteiger partial charge in [0.2, 0.25) is 17.7 Å². The molecule has 0 saturated heterocycles. The Bertz CT molecular complexity index is 864. The predicted octanol–water partition coefficient (Wildman–Crippen LogP) is 3.60. The molecule has 0 aliphatic carbocycles. The number of rotatable bonds is 14. The number of amides is 4. The monoisotopic (exact) mass is 504 g/mol. The van der Waals surface area contributed by atoms with Crippen molar-refractivity contribution in [3.63, 3.8) is 0 Å². The van der Waals surface area contributed by atoms with Gasteiger partial charge < -0.3 is 26.0 Å². The first-order chi connectivity index (χ1) is 16.9. The van der Waals surface area contributed by atoms with Crippen LogP contribution in [-0.2, 0) is 25.5 Å². The molecule has 1 rings (SSSR count). The SMILES string of the molecule is CCCCCNC(=O)C(c1ccc(CC)cc1)N(CC)C(=O)C(CCC(N)=O)NC(=O)OC(C)(C)C. The summed E-state index contributed by atoms with van der Waals surface area (Å²) >= 11 is 0. The van der Waals surface area contributed by atoms with Gasteiger partial charge in [0.05, 0.1) is 0 Å². The molecular weight excluding hydrogens is 460 g/mol. The van der Waals surface area contributed by atoms with Crippen LogP contribution in [0.5, 0.6) is 0 Å². The number of likely N-dealkylation sites (N-methyl/N-ethyl adjacent to an activating group) is 1. The molecule has 1 aromatic rings. The summed E-state index contributed by atoms with van der Waals surface area (Å²) in [5.74, 6) is -1.38. The topological polar surface area (TPSA) is 131 Å². The molecule has 0 aromatic heterocycles. The van der Waals surface area contributed by atoms with E-state index < -0.39 is 35.6 Å². The molecule has 0 heterocycles. The molecule has 9 nitrogen and oxygen atoms in total. The van der Waals surface area contributed by atoms with Crippen LogP contribution in [0.15, 0.2) is 24.3 Å². The number of carbonyl (C=O) groups is 4. The maximum Gasteiger partial charge on any atom is 0.408 e. The second-order valence-corrected chi connectivity index (χ2v) is 9.82. The number of nitrogens with two attached hydrogens (primary N) is 1. The van der Waals surface area contributed by atoms with E-state index >= 15 is 0 Å². The van der Waals surface area contributed by atoms with Gasteiger partial charge in [-0.05, 0) is 58.1 Å². The Balaban J connectivity index is 3.30. The summed E-state index contributed by atoms with van der Waals surface area (Å²) in [5.41, 5.74) is 6.33. The van der Waals surface area contributed by atoms with Gasteiger partial charge in [-0.15, -0.1) is 0 Å². The molecule has 0 saturated carbocycles. The second-order valence-electron chi connectivity index (χ2n) is 9.82. The van der Waals surface area contributed by atoms with Crippen molar-refractivity contribution in [2.75, 3.05) is 13.1 Å². The lowest BCUT2D eigenvalue weighted by molar-refractivity contribution is -0.142. The Morgan fingerprint density at radius 1 is 1.03 bits per heavy atom. The fraction of sp³-hybridized carbons (Fsp3) is 0.630. The van der Waals surface area contributed by atoms with Crippen molar-refractivity contribution in [3.05, 3.63) is 35.4 Å². The highest BCUT2D eigenvalue weighted by Gasteiger charge is 2.35. The van der Waals surface area contributed by atoms with Crippen molar-refractivity contribution in [2.24, 2.45) is 5.73 Å². The highest BCUT2D eigenvalue weighted by molar-refractivity contribution is 5.92. The third kappa shape index (κ3) is 10.7. The van der Waals surface area contributed by atoms with Crippen LogP contribution in [0.2, 0.25) is 0 Å². The van der Waals surface area contributed by atoms with Gasteiger partial charge in [0, 0.05) is 19.5 Å². The van der Waals surface area contributed by atoms with Crippen LogP contribution in [0, 0.1) is 0 Å². The zero-order valence-corrected chi connectivity index (χ0v) is 22.7. The van der Waals surface area contributed by atoms with Crippen molar-refractivity contribution >= 4 is 23.8 Å². The van der Waals surface area contributed by atoms with Crippen LogP contribution in [-0.4, -0.2) is 53.4 Å².